The van der Waals surface area contributed by atoms with Crippen LogP contribution in [0.1, 0.15) is 28.6 Å². The van der Waals surface area contributed by atoms with Crippen molar-refractivity contribution in [3.8, 4) is 6.07 Å². The second kappa shape index (κ2) is 11.2. The summed E-state index contributed by atoms with van der Waals surface area (Å²) in [4.78, 5) is 25.1. The summed E-state index contributed by atoms with van der Waals surface area (Å²) in [5.41, 5.74) is -1.41. The van der Waals surface area contributed by atoms with Gasteiger partial charge in [-0.2, -0.15) is 18.4 Å². The number of halogens is 5. The van der Waals surface area contributed by atoms with E-state index in [-0.39, 0.29) is 34.5 Å². The van der Waals surface area contributed by atoms with Crippen molar-refractivity contribution < 1.29 is 31.9 Å². The van der Waals surface area contributed by atoms with E-state index in [4.69, 9.17) is 32.4 Å². The molecule has 0 saturated heterocycles. The van der Waals surface area contributed by atoms with Gasteiger partial charge in [0, 0.05) is 22.5 Å². The number of hydrogen-bond acceptors (Lipinski definition) is 6. The minimum atomic E-state index is -4.62. The lowest BCUT2D eigenvalue weighted by Gasteiger charge is -2.09. The molecule has 12 heteroatoms. The number of amides is 1. The van der Waals surface area contributed by atoms with Gasteiger partial charge in [-0.15, -0.1) is 0 Å². The first-order valence-electron chi connectivity index (χ1n) is 10.2. The second-order valence-corrected chi connectivity index (χ2v) is 7.85. The van der Waals surface area contributed by atoms with Crippen LogP contribution in [0.3, 0.4) is 0 Å². The number of esters is 1. The van der Waals surface area contributed by atoms with Crippen LogP contribution < -0.4 is 10.6 Å². The summed E-state index contributed by atoms with van der Waals surface area (Å²) in [6.07, 6.45) is -3.66. The maximum Gasteiger partial charge on any atom is 0.416 e. The van der Waals surface area contributed by atoms with Gasteiger partial charge < -0.3 is 19.8 Å². The van der Waals surface area contributed by atoms with Gasteiger partial charge in [0.1, 0.15) is 22.2 Å². The standard InChI is InChI=1S/C24H16Cl2F3N3O4/c1-2-35-23(34)19-20(26)18(36-22(19)32-16-8-6-15(25)7-9-16)10-13(12-30)21(33)31-17-5-3-4-14(11-17)24(27,28)29/h3-11,32H,2H2,1H3,(H,31,33)/b13-10+. The largest absolute Gasteiger partial charge is 0.462 e. The first kappa shape index (κ1) is 26.7. The zero-order chi connectivity index (χ0) is 26.5. The average molecular weight is 538 g/mol. The van der Waals surface area contributed by atoms with E-state index in [0.29, 0.717) is 10.7 Å². The number of hydrogen-bond donors (Lipinski definition) is 2. The fraction of sp³-hybridized carbons (Fsp3) is 0.125. The number of nitriles is 1. The summed E-state index contributed by atoms with van der Waals surface area (Å²) in [7, 11) is 0. The smallest absolute Gasteiger partial charge is 0.416 e. The van der Waals surface area contributed by atoms with Gasteiger partial charge in [0.05, 0.1) is 12.2 Å². The molecule has 2 aromatic carbocycles. The monoisotopic (exact) mass is 537 g/mol. The average Bonchev–Trinajstić information content (AvgIpc) is 3.13. The Morgan fingerprint density at radius 3 is 2.44 bits per heavy atom. The number of carbonyl (C=O) groups excluding carboxylic acids is 2. The number of anilines is 3. The molecule has 0 saturated carbocycles. The van der Waals surface area contributed by atoms with E-state index in [1.807, 2.05) is 0 Å². The highest BCUT2D eigenvalue weighted by Crippen LogP contribution is 2.36. The van der Waals surface area contributed by atoms with Crippen LogP contribution in [0.4, 0.5) is 30.4 Å². The van der Waals surface area contributed by atoms with Crippen molar-refractivity contribution in [3.05, 3.63) is 81.0 Å². The van der Waals surface area contributed by atoms with Crippen LogP contribution in [0.2, 0.25) is 10.0 Å². The van der Waals surface area contributed by atoms with E-state index < -0.39 is 29.2 Å². The first-order chi connectivity index (χ1) is 17.0. The van der Waals surface area contributed by atoms with E-state index in [9.17, 15) is 28.0 Å². The highest BCUT2D eigenvalue weighted by Gasteiger charge is 2.31. The number of furan rings is 1. The van der Waals surface area contributed by atoms with E-state index in [2.05, 4.69) is 10.6 Å². The molecular weight excluding hydrogens is 522 g/mol. The van der Waals surface area contributed by atoms with E-state index in [1.165, 1.54) is 6.07 Å². The lowest BCUT2D eigenvalue weighted by Crippen LogP contribution is -2.14. The Morgan fingerprint density at radius 1 is 1.14 bits per heavy atom. The van der Waals surface area contributed by atoms with Crippen molar-refractivity contribution in [3.63, 3.8) is 0 Å². The van der Waals surface area contributed by atoms with Gasteiger partial charge >= 0.3 is 12.1 Å². The zero-order valence-electron chi connectivity index (χ0n) is 18.4. The Hall–Kier alpha value is -3.94. The minimum absolute atomic E-state index is 0.0364. The molecule has 1 aromatic heterocycles. The fourth-order valence-corrected chi connectivity index (χ4v) is 3.29. The van der Waals surface area contributed by atoms with Crippen molar-refractivity contribution in [1.29, 1.82) is 5.26 Å². The van der Waals surface area contributed by atoms with E-state index >= 15 is 0 Å². The summed E-state index contributed by atoms with van der Waals surface area (Å²) in [6.45, 7) is 1.62. The molecule has 3 aromatic rings. The number of nitrogens with zero attached hydrogens (tertiary/aromatic N) is 1. The third-order valence-corrected chi connectivity index (χ3v) is 5.17. The Morgan fingerprint density at radius 2 is 1.83 bits per heavy atom. The summed E-state index contributed by atoms with van der Waals surface area (Å²) < 4.78 is 49.5. The summed E-state index contributed by atoms with van der Waals surface area (Å²) in [5.74, 6) is -2.20. The number of rotatable bonds is 7. The molecule has 2 N–H and O–H groups in total. The molecule has 36 heavy (non-hydrogen) atoms. The highest BCUT2D eigenvalue weighted by molar-refractivity contribution is 6.36. The summed E-state index contributed by atoms with van der Waals surface area (Å²) in [5, 5.41) is 14.8. The van der Waals surface area contributed by atoms with Gasteiger partial charge in [0.2, 0.25) is 5.88 Å². The van der Waals surface area contributed by atoms with Crippen LogP contribution in [0.15, 0.2) is 58.5 Å². The first-order valence-corrected chi connectivity index (χ1v) is 10.9. The van der Waals surface area contributed by atoms with Crippen molar-refractivity contribution in [1.82, 2.24) is 0 Å². The van der Waals surface area contributed by atoms with E-state index in [0.717, 1.165) is 24.3 Å². The zero-order valence-corrected chi connectivity index (χ0v) is 19.9. The van der Waals surface area contributed by atoms with Crippen molar-refractivity contribution in [2.45, 2.75) is 13.1 Å². The molecule has 3 rings (SSSR count). The summed E-state index contributed by atoms with van der Waals surface area (Å²) >= 11 is 12.2. The molecule has 0 aliphatic heterocycles. The molecule has 7 nitrogen and oxygen atoms in total. The molecule has 0 atom stereocenters. The third-order valence-electron chi connectivity index (χ3n) is 4.54. The lowest BCUT2D eigenvalue weighted by atomic mass is 10.1. The SMILES string of the molecule is CCOC(=O)c1c(Nc2ccc(Cl)cc2)oc(/C=C(\C#N)C(=O)Nc2cccc(C(F)(F)F)c2)c1Cl. The molecule has 0 fully saturated rings. The predicted molar refractivity (Wildman–Crippen MR) is 128 cm³/mol. The Labute approximate surface area is 213 Å². The molecular formula is C24H16Cl2F3N3O4. The lowest BCUT2D eigenvalue weighted by molar-refractivity contribution is -0.137. The van der Waals surface area contributed by atoms with Crippen LogP contribution in [0.25, 0.3) is 6.08 Å². The Balaban J connectivity index is 1.95. The van der Waals surface area contributed by atoms with Gasteiger partial charge in [-0.1, -0.05) is 29.3 Å². The van der Waals surface area contributed by atoms with Gasteiger partial charge in [0.25, 0.3) is 5.91 Å². The maximum absolute atomic E-state index is 12.9. The molecule has 186 valence electrons. The maximum atomic E-state index is 12.9. The number of ether oxygens (including phenoxy) is 1. The van der Waals surface area contributed by atoms with Gasteiger partial charge in [0.15, 0.2) is 5.76 Å². The topological polar surface area (TPSA) is 104 Å². The minimum Gasteiger partial charge on any atom is -0.462 e. The molecule has 0 unspecified atom stereocenters. The van der Waals surface area contributed by atoms with Crippen LogP contribution >= 0.6 is 23.2 Å². The molecule has 0 radical (unpaired) electrons. The molecule has 0 bridgehead atoms. The predicted octanol–water partition coefficient (Wildman–Crippen LogP) is 7.07. The number of carbonyl (C=O) groups is 2. The van der Waals surface area contributed by atoms with Gasteiger partial charge in [-0.25, -0.2) is 4.79 Å². The summed E-state index contributed by atoms with van der Waals surface area (Å²) in [6, 6.07) is 11.9. The van der Waals surface area contributed by atoms with Crippen LogP contribution in [0.5, 0.6) is 0 Å². The molecule has 1 heterocycles. The Bertz CT molecular complexity index is 1360. The fourth-order valence-electron chi connectivity index (χ4n) is 2.91. The molecule has 0 aliphatic carbocycles. The van der Waals surface area contributed by atoms with Crippen LogP contribution in [-0.4, -0.2) is 18.5 Å². The Kier molecular flexibility index (Phi) is 8.29. The van der Waals surface area contributed by atoms with Crippen molar-refractivity contribution in [2.24, 2.45) is 0 Å². The normalized spacial score (nSPS) is 11.5. The molecule has 1 amide bonds. The van der Waals surface area contributed by atoms with Crippen molar-refractivity contribution in [2.75, 3.05) is 17.2 Å². The van der Waals surface area contributed by atoms with Gasteiger partial charge in [-0.3, -0.25) is 4.79 Å². The number of nitrogens with one attached hydrogen (secondary N) is 2. The van der Waals surface area contributed by atoms with Crippen molar-refractivity contribution >= 4 is 58.4 Å². The molecule has 0 aliphatic rings. The van der Waals surface area contributed by atoms with Gasteiger partial charge in [-0.05, 0) is 49.4 Å². The van der Waals surface area contributed by atoms with Crippen LogP contribution in [0, 0.1) is 11.3 Å². The molecule has 0 spiro atoms. The second-order valence-electron chi connectivity index (χ2n) is 7.04. The number of alkyl halides is 3. The van der Waals surface area contributed by atoms with Crippen LogP contribution in [-0.2, 0) is 15.7 Å². The number of benzene rings is 2. The third kappa shape index (κ3) is 6.38. The van der Waals surface area contributed by atoms with E-state index in [1.54, 1.807) is 37.3 Å². The highest BCUT2D eigenvalue weighted by atomic mass is 35.5. The quantitative estimate of drug-likeness (QED) is 0.189.